The van der Waals surface area contributed by atoms with Gasteiger partial charge in [0.1, 0.15) is 6.07 Å². The number of hydrogen-bond acceptors (Lipinski definition) is 5. The maximum absolute atomic E-state index is 12.2. The molecule has 0 fully saturated rings. The predicted octanol–water partition coefficient (Wildman–Crippen LogP) is 2.07. The lowest BCUT2D eigenvalue weighted by Gasteiger charge is -2.10. The van der Waals surface area contributed by atoms with E-state index in [2.05, 4.69) is 16.4 Å². The van der Waals surface area contributed by atoms with Crippen LogP contribution < -0.4 is 10.1 Å². The first-order valence-electron chi connectivity index (χ1n) is 6.81. The van der Waals surface area contributed by atoms with Gasteiger partial charge in [-0.2, -0.15) is 10.5 Å². The number of amides is 1. The molecule has 0 bridgehead atoms. The van der Waals surface area contributed by atoms with E-state index in [1.165, 1.54) is 19.4 Å². The van der Waals surface area contributed by atoms with Gasteiger partial charge in [-0.1, -0.05) is 6.07 Å². The number of carbonyl (C=O) groups is 1. The second-order valence-corrected chi connectivity index (χ2v) is 4.82. The van der Waals surface area contributed by atoms with Crippen LogP contribution in [0.1, 0.15) is 32.7 Å². The molecule has 0 radical (unpaired) electrons. The molecule has 1 heterocycles. The molecule has 0 aliphatic carbocycles. The Morgan fingerprint density at radius 3 is 2.61 bits per heavy atom. The highest BCUT2D eigenvalue weighted by Crippen LogP contribution is 2.17. The van der Waals surface area contributed by atoms with Gasteiger partial charge >= 0.3 is 0 Å². The Hall–Kier alpha value is -3.38. The Balaban J connectivity index is 2.14. The molecule has 0 saturated carbocycles. The highest BCUT2D eigenvalue weighted by Gasteiger charge is 2.15. The fourth-order valence-electron chi connectivity index (χ4n) is 2.05. The number of nitriles is 2. The van der Waals surface area contributed by atoms with E-state index in [0.717, 1.165) is 11.1 Å². The van der Waals surface area contributed by atoms with Crippen molar-refractivity contribution in [1.29, 1.82) is 10.5 Å². The van der Waals surface area contributed by atoms with Gasteiger partial charge in [-0.15, -0.1) is 0 Å². The quantitative estimate of drug-likeness (QED) is 0.932. The van der Waals surface area contributed by atoms with Crippen molar-refractivity contribution in [3.8, 4) is 17.9 Å². The third kappa shape index (κ3) is 3.63. The van der Waals surface area contributed by atoms with Crippen LogP contribution in [0.2, 0.25) is 0 Å². The smallest absolute Gasteiger partial charge is 0.274 e. The Labute approximate surface area is 134 Å². The molecule has 0 atom stereocenters. The monoisotopic (exact) mass is 306 g/mol. The van der Waals surface area contributed by atoms with Gasteiger partial charge in [0.05, 0.1) is 24.3 Å². The maximum Gasteiger partial charge on any atom is 0.274 e. The molecule has 0 spiro atoms. The number of carbonyl (C=O) groups excluding carboxylic acids is 1. The summed E-state index contributed by atoms with van der Waals surface area (Å²) in [6.45, 7) is 2.18. The first-order valence-corrected chi connectivity index (χ1v) is 6.81. The maximum atomic E-state index is 12.2. The highest BCUT2D eigenvalue weighted by molar-refractivity contribution is 5.95. The zero-order valence-corrected chi connectivity index (χ0v) is 12.8. The zero-order chi connectivity index (χ0) is 16.8. The molecule has 0 saturated heterocycles. The summed E-state index contributed by atoms with van der Waals surface area (Å²) in [6.07, 6.45) is 1.32. The lowest BCUT2D eigenvalue weighted by atomic mass is 10.1. The van der Waals surface area contributed by atoms with Crippen LogP contribution in [0.5, 0.6) is 5.75 Å². The van der Waals surface area contributed by atoms with Crippen molar-refractivity contribution in [1.82, 2.24) is 10.3 Å². The number of nitrogens with one attached hydrogen (secondary N) is 1. The number of rotatable bonds is 4. The van der Waals surface area contributed by atoms with Crippen molar-refractivity contribution >= 4 is 5.91 Å². The molecule has 0 aliphatic rings. The Bertz CT molecular complexity index is 831. The summed E-state index contributed by atoms with van der Waals surface area (Å²) < 4.78 is 5.10. The molecular formula is C17H14N4O2. The van der Waals surface area contributed by atoms with Gasteiger partial charge in [0.2, 0.25) is 0 Å². The summed E-state index contributed by atoms with van der Waals surface area (Å²) in [4.78, 5) is 16.2. The molecule has 6 nitrogen and oxygen atoms in total. The van der Waals surface area contributed by atoms with Crippen LogP contribution in [0.4, 0.5) is 0 Å². The van der Waals surface area contributed by atoms with Crippen molar-refractivity contribution in [3.63, 3.8) is 0 Å². The van der Waals surface area contributed by atoms with Gasteiger partial charge in [0.15, 0.2) is 11.4 Å². The van der Waals surface area contributed by atoms with Crippen molar-refractivity contribution in [2.75, 3.05) is 7.11 Å². The predicted molar refractivity (Wildman–Crippen MR) is 82.6 cm³/mol. The molecule has 6 heteroatoms. The molecule has 2 aromatic rings. The first kappa shape index (κ1) is 16.0. The van der Waals surface area contributed by atoms with Crippen LogP contribution in [0.15, 0.2) is 30.5 Å². The summed E-state index contributed by atoms with van der Waals surface area (Å²) in [7, 11) is 1.42. The van der Waals surface area contributed by atoms with Crippen LogP contribution in [0.3, 0.4) is 0 Å². The topological polar surface area (TPSA) is 98.8 Å². The molecule has 0 aliphatic heterocycles. The zero-order valence-electron chi connectivity index (χ0n) is 12.8. The van der Waals surface area contributed by atoms with E-state index in [-0.39, 0.29) is 11.4 Å². The van der Waals surface area contributed by atoms with Crippen molar-refractivity contribution in [2.24, 2.45) is 0 Å². The Morgan fingerprint density at radius 1 is 1.26 bits per heavy atom. The third-order valence-electron chi connectivity index (χ3n) is 3.33. The molecule has 0 unspecified atom stereocenters. The Morgan fingerprint density at radius 2 is 2.00 bits per heavy atom. The van der Waals surface area contributed by atoms with Crippen molar-refractivity contribution in [3.05, 3.63) is 58.4 Å². The van der Waals surface area contributed by atoms with Crippen LogP contribution >= 0.6 is 0 Å². The summed E-state index contributed by atoms with van der Waals surface area (Å²) >= 11 is 0. The highest BCUT2D eigenvalue weighted by atomic mass is 16.5. The molecular weight excluding hydrogens is 292 g/mol. The average Bonchev–Trinajstić information content (AvgIpc) is 2.59. The lowest BCUT2D eigenvalue weighted by molar-refractivity contribution is 0.0942. The number of pyridine rings is 1. The fourth-order valence-corrected chi connectivity index (χ4v) is 2.05. The minimum Gasteiger partial charge on any atom is -0.494 e. The van der Waals surface area contributed by atoms with E-state index in [0.29, 0.717) is 17.7 Å². The number of ether oxygens (including phenoxy) is 1. The van der Waals surface area contributed by atoms with E-state index in [4.69, 9.17) is 15.3 Å². The van der Waals surface area contributed by atoms with Crippen LogP contribution in [-0.2, 0) is 6.54 Å². The second kappa shape index (κ2) is 7.06. The van der Waals surface area contributed by atoms with Crippen LogP contribution in [0, 0.1) is 29.6 Å². The molecule has 1 N–H and O–H groups in total. The van der Waals surface area contributed by atoms with E-state index < -0.39 is 5.91 Å². The van der Waals surface area contributed by atoms with Gasteiger partial charge < -0.3 is 10.1 Å². The van der Waals surface area contributed by atoms with E-state index in [1.54, 1.807) is 18.2 Å². The summed E-state index contributed by atoms with van der Waals surface area (Å²) in [5.41, 5.74) is 2.85. The fraction of sp³-hybridized carbons (Fsp3) is 0.176. The lowest BCUT2D eigenvalue weighted by Crippen LogP contribution is -2.24. The van der Waals surface area contributed by atoms with E-state index >= 15 is 0 Å². The van der Waals surface area contributed by atoms with Crippen molar-refractivity contribution in [2.45, 2.75) is 13.5 Å². The summed E-state index contributed by atoms with van der Waals surface area (Å²) in [6, 6.07) is 10.8. The van der Waals surface area contributed by atoms with Gasteiger partial charge in [-0.25, -0.2) is 4.98 Å². The third-order valence-corrected chi connectivity index (χ3v) is 3.33. The summed E-state index contributed by atoms with van der Waals surface area (Å²) in [5.74, 6) is -0.145. The molecule has 1 amide bonds. The minimum atomic E-state index is -0.393. The normalized spacial score (nSPS) is 9.57. The number of nitrogens with zero attached hydrogens (tertiary/aromatic N) is 3. The van der Waals surface area contributed by atoms with Gasteiger partial charge in [0.25, 0.3) is 5.91 Å². The van der Waals surface area contributed by atoms with Gasteiger partial charge in [0, 0.05) is 18.8 Å². The first-order chi connectivity index (χ1) is 11.1. The molecule has 23 heavy (non-hydrogen) atoms. The largest absolute Gasteiger partial charge is 0.494 e. The van der Waals surface area contributed by atoms with E-state index in [9.17, 15) is 4.79 Å². The SMILES string of the molecule is COc1cc(C#N)cnc1C(=O)NCc1ccc(C#N)cc1C. The molecule has 2 rings (SSSR count). The van der Waals surface area contributed by atoms with Crippen LogP contribution in [-0.4, -0.2) is 18.0 Å². The number of benzene rings is 1. The number of aromatic nitrogens is 1. The standard InChI is InChI=1S/C17H14N4O2/c1-11-5-12(7-18)3-4-14(11)10-21-17(22)16-15(23-2)6-13(8-19)9-20-16/h3-6,9H,10H2,1-2H3,(H,21,22). The number of aryl methyl sites for hydroxylation is 1. The van der Waals surface area contributed by atoms with Gasteiger partial charge in [-0.3, -0.25) is 4.79 Å². The van der Waals surface area contributed by atoms with Crippen LogP contribution in [0.25, 0.3) is 0 Å². The minimum absolute atomic E-state index is 0.123. The van der Waals surface area contributed by atoms with E-state index in [1.807, 2.05) is 13.0 Å². The molecule has 1 aromatic carbocycles. The average molecular weight is 306 g/mol. The molecule has 1 aromatic heterocycles. The molecule has 114 valence electrons. The second-order valence-electron chi connectivity index (χ2n) is 4.82. The van der Waals surface area contributed by atoms with Crippen molar-refractivity contribution < 1.29 is 9.53 Å². The number of hydrogen-bond donors (Lipinski definition) is 1. The number of methoxy groups -OCH3 is 1. The van der Waals surface area contributed by atoms with Gasteiger partial charge in [-0.05, 0) is 30.2 Å². The Kier molecular flexibility index (Phi) is 4.91. The summed E-state index contributed by atoms with van der Waals surface area (Å²) in [5, 5.41) is 20.5.